The first-order valence-electron chi connectivity index (χ1n) is 5.47. The summed E-state index contributed by atoms with van der Waals surface area (Å²) < 4.78 is 0. The Balaban J connectivity index is 2.05. The van der Waals surface area contributed by atoms with Crippen LogP contribution in [0.25, 0.3) is 0 Å². The van der Waals surface area contributed by atoms with Crippen molar-refractivity contribution in [1.82, 2.24) is 5.32 Å². The number of rotatable bonds is 2. The number of nitrogens with one attached hydrogen (secondary N) is 2. The van der Waals surface area contributed by atoms with Gasteiger partial charge in [-0.05, 0) is 44.0 Å². The van der Waals surface area contributed by atoms with Gasteiger partial charge in [0.1, 0.15) is 0 Å². The summed E-state index contributed by atoms with van der Waals surface area (Å²) in [5.74, 6) is 0.00301. The zero-order chi connectivity index (χ0) is 11.5. The quantitative estimate of drug-likeness (QED) is 0.831. The maximum Gasteiger partial charge on any atom is 0.241 e. The minimum atomic E-state index is -0.0719. The molecule has 0 unspecified atom stereocenters. The van der Waals surface area contributed by atoms with Crippen LogP contribution in [0, 0.1) is 6.92 Å². The molecule has 4 heteroatoms. The number of carbonyl (C=O) groups is 1. The highest BCUT2D eigenvalue weighted by atomic mass is 35.5. The van der Waals surface area contributed by atoms with Gasteiger partial charge in [0, 0.05) is 0 Å². The van der Waals surface area contributed by atoms with Crippen LogP contribution in [-0.4, -0.2) is 18.5 Å². The van der Waals surface area contributed by atoms with E-state index in [4.69, 9.17) is 11.6 Å². The Bertz CT molecular complexity index is 400. The summed E-state index contributed by atoms with van der Waals surface area (Å²) in [6.07, 6.45) is 1.95. The van der Waals surface area contributed by atoms with Gasteiger partial charge in [-0.15, -0.1) is 0 Å². The summed E-state index contributed by atoms with van der Waals surface area (Å²) in [4.78, 5) is 11.8. The number of halogens is 1. The minimum absolute atomic E-state index is 0.00301. The van der Waals surface area contributed by atoms with E-state index < -0.39 is 0 Å². The van der Waals surface area contributed by atoms with Gasteiger partial charge in [0.2, 0.25) is 5.91 Å². The zero-order valence-electron chi connectivity index (χ0n) is 9.22. The fourth-order valence-corrected chi connectivity index (χ4v) is 2.13. The lowest BCUT2D eigenvalue weighted by Crippen LogP contribution is -2.35. The maximum atomic E-state index is 11.8. The Labute approximate surface area is 100 Å². The zero-order valence-corrected chi connectivity index (χ0v) is 9.97. The monoisotopic (exact) mass is 238 g/mol. The smallest absolute Gasteiger partial charge is 0.241 e. The normalized spacial score (nSPS) is 19.8. The molecule has 16 heavy (non-hydrogen) atoms. The Morgan fingerprint density at radius 2 is 2.38 bits per heavy atom. The molecule has 0 aliphatic carbocycles. The van der Waals surface area contributed by atoms with E-state index in [1.54, 1.807) is 0 Å². The molecule has 1 fully saturated rings. The molecule has 2 rings (SSSR count). The van der Waals surface area contributed by atoms with Crippen molar-refractivity contribution in [3.8, 4) is 0 Å². The SMILES string of the molecule is Cc1ccc(NC(=O)[C@@H]2CCCN2)c(Cl)c1. The number of amides is 1. The van der Waals surface area contributed by atoms with Gasteiger partial charge in [0.25, 0.3) is 0 Å². The van der Waals surface area contributed by atoms with Crippen molar-refractivity contribution in [3.05, 3.63) is 28.8 Å². The van der Waals surface area contributed by atoms with Crippen LogP contribution in [0.15, 0.2) is 18.2 Å². The Morgan fingerprint density at radius 1 is 1.56 bits per heavy atom. The standard InChI is InChI=1S/C12H15ClN2O/c1-8-4-5-10(9(13)7-8)15-12(16)11-3-2-6-14-11/h4-5,7,11,14H,2-3,6H2,1H3,(H,15,16)/t11-/m0/s1. The van der Waals surface area contributed by atoms with Gasteiger partial charge in [-0.25, -0.2) is 0 Å². The number of hydrogen-bond donors (Lipinski definition) is 2. The van der Waals surface area contributed by atoms with Gasteiger partial charge in [0.05, 0.1) is 16.8 Å². The van der Waals surface area contributed by atoms with E-state index in [1.165, 1.54) is 0 Å². The fourth-order valence-electron chi connectivity index (χ4n) is 1.85. The Hall–Kier alpha value is -1.06. The van der Waals surface area contributed by atoms with E-state index in [-0.39, 0.29) is 11.9 Å². The van der Waals surface area contributed by atoms with Gasteiger partial charge in [-0.2, -0.15) is 0 Å². The van der Waals surface area contributed by atoms with Crippen LogP contribution < -0.4 is 10.6 Å². The van der Waals surface area contributed by atoms with Crippen molar-refractivity contribution in [2.45, 2.75) is 25.8 Å². The maximum absolute atomic E-state index is 11.8. The van der Waals surface area contributed by atoms with Crippen molar-refractivity contribution in [3.63, 3.8) is 0 Å². The molecule has 1 aromatic carbocycles. The van der Waals surface area contributed by atoms with Crippen LogP contribution in [0.3, 0.4) is 0 Å². The number of aryl methyl sites for hydroxylation is 1. The molecule has 1 saturated heterocycles. The predicted octanol–water partition coefficient (Wildman–Crippen LogP) is 2.34. The lowest BCUT2D eigenvalue weighted by molar-refractivity contribution is -0.117. The van der Waals surface area contributed by atoms with Gasteiger partial charge < -0.3 is 10.6 Å². The minimum Gasteiger partial charge on any atom is -0.323 e. The number of hydrogen-bond acceptors (Lipinski definition) is 2. The number of benzene rings is 1. The molecule has 0 bridgehead atoms. The molecule has 1 atom stereocenters. The summed E-state index contributed by atoms with van der Waals surface area (Å²) in [6.45, 7) is 2.88. The van der Waals surface area contributed by atoms with Crippen molar-refractivity contribution in [2.75, 3.05) is 11.9 Å². The van der Waals surface area contributed by atoms with Crippen LogP contribution >= 0.6 is 11.6 Å². The van der Waals surface area contributed by atoms with Crippen molar-refractivity contribution in [1.29, 1.82) is 0 Å². The molecule has 0 radical (unpaired) electrons. The molecular weight excluding hydrogens is 224 g/mol. The fraction of sp³-hybridized carbons (Fsp3) is 0.417. The number of carbonyl (C=O) groups excluding carboxylic acids is 1. The predicted molar refractivity (Wildman–Crippen MR) is 65.8 cm³/mol. The van der Waals surface area contributed by atoms with Crippen molar-refractivity contribution in [2.24, 2.45) is 0 Å². The third-order valence-electron chi connectivity index (χ3n) is 2.76. The molecule has 1 aliphatic heterocycles. The molecule has 1 amide bonds. The van der Waals surface area contributed by atoms with E-state index in [1.807, 2.05) is 25.1 Å². The van der Waals surface area contributed by atoms with Gasteiger partial charge >= 0.3 is 0 Å². The van der Waals surface area contributed by atoms with Crippen LogP contribution in [0.5, 0.6) is 0 Å². The van der Waals surface area contributed by atoms with Crippen LogP contribution in [-0.2, 0) is 4.79 Å². The second-order valence-corrected chi connectivity index (χ2v) is 4.53. The summed E-state index contributed by atoms with van der Waals surface area (Å²) >= 11 is 6.05. The Morgan fingerprint density at radius 3 is 3.00 bits per heavy atom. The van der Waals surface area contributed by atoms with E-state index in [0.717, 1.165) is 24.9 Å². The largest absolute Gasteiger partial charge is 0.323 e. The molecule has 3 nitrogen and oxygen atoms in total. The first kappa shape index (κ1) is 11.4. The molecule has 86 valence electrons. The molecule has 1 aliphatic rings. The molecule has 0 spiro atoms. The lowest BCUT2D eigenvalue weighted by Gasteiger charge is -2.12. The highest BCUT2D eigenvalue weighted by Gasteiger charge is 2.22. The van der Waals surface area contributed by atoms with Crippen LogP contribution in [0.1, 0.15) is 18.4 Å². The van der Waals surface area contributed by atoms with Crippen molar-refractivity contribution < 1.29 is 4.79 Å². The lowest BCUT2D eigenvalue weighted by atomic mass is 10.2. The van der Waals surface area contributed by atoms with Gasteiger partial charge in [-0.3, -0.25) is 4.79 Å². The highest BCUT2D eigenvalue weighted by molar-refractivity contribution is 6.33. The third kappa shape index (κ3) is 2.54. The summed E-state index contributed by atoms with van der Waals surface area (Å²) in [7, 11) is 0. The first-order valence-corrected chi connectivity index (χ1v) is 5.85. The Kier molecular flexibility index (Phi) is 3.46. The van der Waals surface area contributed by atoms with E-state index in [9.17, 15) is 4.79 Å². The average Bonchev–Trinajstić information content (AvgIpc) is 2.75. The first-order chi connectivity index (χ1) is 7.66. The van der Waals surface area contributed by atoms with Crippen LogP contribution in [0.4, 0.5) is 5.69 Å². The molecular formula is C12H15ClN2O. The molecule has 2 N–H and O–H groups in total. The van der Waals surface area contributed by atoms with E-state index in [2.05, 4.69) is 10.6 Å². The average molecular weight is 239 g/mol. The van der Waals surface area contributed by atoms with Gasteiger partial charge in [0.15, 0.2) is 0 Å². The van der Waals surface area contributed by atoms with Crippen LogP contribution in [0.2, 0.25) is 5.02 Å². The highest BCUT2D eigenvalue weighted by Crippen LogP contribution is 2.23. The second kappa shape index (κ2) is 4.85. The number of anilines is 1. The van der Waals surface area contributed by atoms with E-state index in [0.29, 0.717) is 10.7 Å². The summed E-state index contributed by atoms with van der Waals surface area (Å²) in [6, 6.07) is 5.55. The summed E-state index contributed by atoms with van der Waals surface area (Å²) in [5, 5.41) is 6.59. The topological polar surface area (TPSA) is 41.1 Å². The van der Waals surface area contributed by atoms with E-state index >= 15 is 0 Å². The van der Waals surface area contributed by atoms with Gasteiger partial charge in [-0.1, -0.05) is 17.7 Å². The molecule has 1 heterocycles. The second-order valence-electron chi connectivity index (χ2n) is 4.12. The molecule has 0 saturated carbocycles. The summed E-state index contributed by atoms with van der Waals surface area (Å²) in [5.41, 5.74) is 1.77. The van der Waals surface area contributed by atoms with Crippen molar-refractivity contribution >= 4 is 23.2 Å². The molecule has 1 aromatic rings. The third-order valence-corrected chi connectivity index (χ3v) is 3.07. The molecule has 0 aromatic heterocycles.